The quantitative estimate of drug-likeness (QED) is 0.297. The third-order valence-corrected chi connectivity index (χ3v) is 5.41. The van der Waals surface area contributed by atoms with Gasteiger partial charge >= 0.3 is 0 Å². The van der Waals surface area contributed by atoms with Crippen LogP contribution in [0.15, 0.2) is 85.1 Å². The number of rotatable bonds is 0. The first-order valence-corrected chi connectivity index (χ1v) is 8.64. The number of hydrogen-bond donors (Lipinski definition) is 1. The SMILES string of the molecule is c1ccc2c(c1)ccc1c2c2cc[nH]c2c2ccc3ccccc3c21. The second-order valence-corrected chi connectivity index (χ2v) is 6.68. The smallest absolute Gasteiger partial charge is 0.0540 e. The predicted octanol–water partition coefficient (Wildman–Crippen LogP) is 6.78. The number of hydrogen-bond acceptors (Lipinski definition) is 0. The molecule has 0 saturated carbocycles. The van der Waals surface area contributed by atoms with Crippen molar-refractivity contribution in [1.82, 2.24) is 4.98 Å². The maximum atomic E-state index is 3.48. The van der Waals surface area contributed by atoms with Crippen LogP contribution in [0.1, 0.15) is 0 Å². The Morgan fingerprint density at radius 2 is 1.00 bits per heavy atom. The van der Waals surface area contributed by atoms with Crippen molar-refractivity contribution in [2.24, 2.45) is 0 Å². The summed E-state index contributed by atoms with van der Waals surface area (Å²) in [4.78, 5) is 3.48. The summed E-state index contributed by atoms with van der Waals surface area (Å²) in [5, 5.41) is 11.8. The number of fused-ring (bicyclic) bond motifs is 10. The number of nitrogens with one attached hydrogen (secondary N) is 1. The molecule has 0 aliphatic carbocycles. The van der Waals surface area contributed by atoms with E-state index in [0.717, 1.165) is 0 Å². The molecule has 6 rings (SSSR count). The Balaban J connectivity index is 2.06. The van der Waals surface area contributed by atoms with Crippen LogP contribution in [0.2, 0.25) is 0 Å². The highest BCUT2D eigenvalue weighted by atomic mass is 14.7. The Bertz CT molecular complexity index is 1440. The standard InChI is InChI=1S/C24H15N/c1-4-8-18-15(5-1)9-11-19-22-17-7-3-2-6-16(17)10-12-20(22)24-21(23(18)19)13-14-25-24/h1-14,25H. The summed E-state index contributed by atoms with van der Waals surface area (Å²) in [5.41, 5.74) is 1.23. The van der Waals surface area contributed by atoms with Gasteiger partial charge in [-0.1, -0.05) is 72.8 Å². The first-order chi connectivity index (χ1) is 12.4. The van der Waals surface area contributed by atoms with Gasteiger partial charge in [0.2, 0.25) is 0 Å². The van der Waals surface area contributed by atoms with Crippen LogP contribution in [0.4, 0.5) is 0 Å². The van der Waals surface area contributed by atoms with Crippen molar-refractivity contribution in [2.75, 3.05) is 0 Å². The molecule has 1 heterocycles. The van der Waals surface area contributed by atoms with Gasteiger partial charge in [0.25, 0.3) is 0 Å². The molecule has 25 heavy (non-hydrogen) atoms. The van der Waals surface area contributed by atoms with Crippen LogP contribution in [0.25, 0.3) is 54.0 Å². The van der Waals surface area contributed by atoms with Crippen molar-refractivity contribution >= 4 is 54.0 Å². The Labute approximate surface area is 144 Å². The minimum absolute atomic E-state index is 1.23. The second-order valence-electron chi connectivity index (χ2n) is 6.68. The van der Waals surface area contributed by atoms with Gasteiger partial charge in [-0.05, 0) is 43.8 Å². The highest BCUT2D eigenvalue weighted by molar-refractivity contribution is 6.35. The monoisotopic (exact) mass is 317 g/mol. The van der Waals surface area contributed by atoms with E-state index in [1.165, 1.54) is 54.0 Å². The lowest BCUT2D eigenvalue weighted by Crippen LogP contribution is -1.85. The average Bonchev–Trinajstić information content (AvgIpc) is 3.17. The summed E-state index contributed by atoms with van der Waals surface area (Å²) in [6.45, 7) is 0. The molecule has 0 spiro atoms. The van der Waals surface area contributed by atoms with Gasteiger partial charge < -0.3 is 4.98 Å². The van der Waals surface area contributed by atoms with E-state index < -0.39 is 0 Å². The summed E-state index contributed by atoms with van der Waals surface area (Å²) in [6, 6.07) is 28.6. The predicted molar refractivity (Wildman–Crippen MR) is 108 cm³/mol. The zero-order valence-electron chi connectivity index (χ0n) is 13.6. The van der Waals surface area contributed by atoms with Crippen molar-refractivity contribution in [1.29, 1.82) is 0 Å². The fourth-order valence-electron chi connectivity index (χ4n) is 4.34. The van der Waals surface area contributed by atoms with Crippen molar-refractivity contribution in [3.63, 3.8) is 0 Å². The summed E-state index contributed by atoms with van der Waals surface area (Å²) in [7, 11) is 0. The van der Waals surface area contributed by atoms with Crippen molar-refractivity contribution in [3.8, 4) is 0 Å². The van der Waals surface area contributed by atoms with E-state index in [4.69, 9.17) is 0 Å². The fourth-order valence-corrected chi connectivity index (χ4v) is 4.34. The minimum atomic E-state index is 1.23. The lowest BCUT2D eigenvalue weighted by atomic mass is 9.91. The van der Waals surface area contributed by atoms with Gasteiger partial charge in [-0.3, -0.25) is 0 Å². The van der Waals surface area contributed by atoms with Gasteiger partial charge in [0, 0.05) is 17.0 Å². The number of aromatic nitrogens is 1. The largest absolute Gasteiger partial charge is 0.361 e. The van der Waals surface area contributed by atoms with Crippen LogP contribution in [-0.2, 0) is 0 Å². The topological polar surface area (TPSA) is 15.8 Å². The first-order valence-electron chi connectivity index (χ1n) is 8.64. The van der Waals surface area contributed by atoms with E-state index in [1.807, 2.05) is 0 Å². The first kappa shape index (κ1) is 13.0. The summed E-state index contributed by atoms with van der Waals surface area (Å²) >= 11 is 0. The molecule has 6 aromatic rings. The zero-order valence-corrected chi connectivity index (χ0v) is 13.6. The molecule has 0 aliphatic heterocycles. The van der Waals surface area contributed by atoms with Crippen molar-refractivity contribution in [2.45, 2.75) is 0 Å². The number of benzene rings is 5. The Kier molecular flexibility index (Phi) is 2.40. The zero-order chi connectivity index (χ0) is 16.4. The molecule has 1 N–H and O–H groups in total. The van der Waals surface area contributed by atoms with E-state index >= 15 is 0 Å². The number of aromatic amines is 1. The molecular weight excluding hydrogens is 302 g/mol. The van der Waals surface area contributed by atoms with Crippen LogP contribution in [0, 0.1) is 0 Å². The molecule has 0 unspecified atom stereocenters. The Morgan fingerprint density at radius 3 is 1.68 bits per heavy atom. The van der Waals surface area contributed by atoms with Gasteiger partial charge in [0.1, 0.15) is 0 Å². The molecule has 0 bridgehead atoms. The minimum Gasteiger partial charge on any atom is -0.361 e. The molecule has 0 radical (unpaired) electrons. The average molecular weight is 317 g/mol. The van der Waals surface area contributed by atoms with Gasteiger partial charge in [-0.2, -0.15) is 0 Å². The molecule has 0 atom stereocenters. The molecule has 116 valence electrons. The highest BCUT2D eigenvalue weighted by Crippen LogP contribution is 2.41. The van der Waals surface area contributed by atoms with Crippen LogP contribution in [0.3, 0.4) is 0 Å². The van der Waals surface area contributed by atoms with E-state index in [9.17, 15) is 0 Å². The maximum absolute atomic E-state index is 3.48. The van der Waals surface area contributed by atoms with E-state index in [0.29, 0.717) is 0 Å². The maximum Gasteiger partial charge on any atom is 0.0540 e. The van der Waals surface area contributed by atoms with Crippen molar-refractivity contribution < 1.29 is 0 Å². The third-order valence-electron chi connectivity index (χ3n) is 5.41. The molecular formula is C24H15N. The third kappa shape index (κ3) is 1.62. The molecule has 1 aromatic heterocycles. The van der Waals surface area contributed by atoms with Gasteiger partial charge in [-0.25, -0.2) is 0 Å². The van der Waals surface area contributed by atoms with Gasteiger partial charge in [0.15, 0.2) is 0 Å². The Morgan fingerprint density at radius 1 is 0.440 bits per heavy atom. The summed E-state index contributed by atoms with van der Waals surface area (Å²) < 4.78 is 0. The van der Waals surface area contributed by atoms with Gasteiger partial charge in [0.05, 0.1) is 5.52 Å². The molecule has 0 aliphatic rings. The molecule has 1 nitrogen and oxygen atoms in total. The van der Waals surface area contributed by atoms with Crippen LogP contribution < -0.4 is 0 Å². The molecule has 5 aromatic carbocycles. The van der Waals surface area contributed by atoms with Crippen LogP contribution in [0.5, 0.6) is 0 Å². The molecule has 0 saturated heterocycles. The van der Waals surface area contributed by atoms with Crippen LogP contribution >= 0.6 is 0 Å². The summed E-state index contributed by atoms with van der Waals surface area (Å²) in [6.07, 6.45) is 2.06. The molecule has 1 heteroatoms. The lowest BCUT2D eigenvalue weighted by Gasteiger charge is -2.12. The summed E-state index contributed by atoms with van der Waals surface area (Å²) in [5.74, 6) is 0. The normalized spacial score (nSPS) is 12.0. The van der Waals surface area contributed by atoms with Crippen molar-refractivity contribution in [3.05, 3.63) is 85.1 Å². The second kappa shape index (κ2) is 4.61. The lowest BCUT2D eigenvalue weighted by molar-refractivity contribution is 1.49. The van der Waals surface area contributed by atoms with Gasteiger partial charge in [-0.15, -0.1) is 0 Å². The fraction of sp³-hybridized carbons (Fsp3) is 0. The van der Waals surface area contributed by atoms with E-state index in [-0.39, 0.29) is 0 Å². The number of H-pyrrole nitrogens is 1. The van der Waals surface area contributed by atoms with E-state index in [2.05, 4.69) is 90.0 Å². The molecule has 0 amide bonds. The molecule has 0 fully saturated rings. The Hall–Kier alpha value is -3.32. The van der Waals surface area contributed by atoms with Crippen LogP contribution in [-0.4, -0.2) is 4.98 Å². The highest BCUT2D eigenvalue weighted by Gasteiger charge is 2.13. The van der Waals surface area contributed by atoms with E-state index in [1.54, 1.807) is 0 Å².